The molecule has 0 N–H and O–H groups in total. The van der Waals surface area contributed by atoms with Gasteiger partial charge in [-0.15, -0.1) is 0 Å². The van der Waals surface area contributed by atoms with E-state index in [2.05, 4.69) is 0 Å². The van der Waals surface area contributed by atoms with Gasteiger partial charge in [-0.3, -0.25) is 29.4 Å². The standard InChI is InChI=1S/C27H21ClN2O9S/c1-40(37,38)15-14-21(29-25(32)19-8-5-9-20(30(35)36)22(19)26(29)33)27(34)39-24(17-6-3-2-4-7-17)23(31)16-10-12-18(28)13-11-16/h2-13,21,24H,14-15H2,1H3/t21-,24-/m1/s1. The van der Waals surface area contributed by atoms with E-state index in [4.69, 9.17) is 16.3 Å². The molecule has 13 heteroatoms. The second-order valence-corrected chi connectivity index (χ2v) is 11.7. The average Bonchev–Trinajstić information content (AvgIpc) is 3.17. The second-order valence-electron chi connectivity index (χ2n) is 8.97. The number of carbonyl (C=O) groups is 4. The fourth-order valence-corrected chi connectivity index (χ4v) is 5.04. The number of esters is 1. The SMILES string of the molecule is CS(=O)(=O)CC[C@H](C(=O)O[C@@H](C(=O)c1ccc(Cl)cc1)c1ccccc1)N1C(=O)c2cccc([N+](=O)[O-])c2C1=O. The molecule has 11 nitrogen and oxygen atoms in total. The Morgan fingerprint density at radius 3 is 2.23 bits per heavy atom. The minimum absolute atomic E-state index is 0.148. The van der Waals surface area contributed by atoms with Gasteiger partial charge in [0.15, 0.2) is 6.10 Å². The average molecular weight is 585 g/mol. The highest BCUT2D eigenvalue weighted by atomic mass is 35.5. The molecule has 0 radical (unpaired) electrons. The fraction of sp³-hybridized carbons (Fsp3) is 0.185. The Balaban J connectivity index is 1.74. The highest BCUT2D eigenvalue weighted by molar-refractivity contribution is 7.90. The predicted molar refractivity (Wildman–Crippen MR) is 143 cm³/mol. The Morgan fingerprint density at radius 1 is 0.975 bits per heavy atom. The number of hydrogen-bond donors (Lipinski definition) is 0. The van der Waals surface area contributed by atoms with E-state index in [0.29, 0.717) is 9.92 Å². The molecule has 0 fully saturated rings. The van der Waals surface area contributed by atoms with Crippen LogP contribution in [-0.2, 0) is 19.4 Å². The van der Waals surface area contributed by atoms with Crippen molar-refractivity contribution < 1.29 is 37.3 Å². The fourth-order valence-electron chi connectivity index (χ4n) is 4.26. The summed E-state index contributed by atoms with van der Waals surface area (Å²) in [5.74, 6) is -4.68. The van der Waals surface area contributed by atoms with Gasteiger partial charge in [-0.1, -0.05) is 48.0 Å². The number of fused-ring (bicyclic) bond motifs is 1. The van der Waals surface area contributed by atoms with Gasteiger partial charge in [-0.25, -0.2) is 13.2 Å². The molecule has 1 aliphatic rings. The highest BCUT2D eigenvalue weighted by Crippen LogP contribution is 2.34. The van der Waals surface area contributed by atoms with Crippen molar-refractivity contribution in [2.24, 2.45) is 0 Å². The minimum atomic E-state index is -3.69. The number of nitro groups is 1. The first kappa shape index (κ1) is 28.6. The van der Waals surface area contributed by atoms with E-state index in [0.717, 1.165) is 12.3 Å². The van der Waals surface area contributed by atoms with Crippen LogP contribution >= 0.6 is 11.6 Å². The van der Waals surface area contributed by atoms with Gasteiger partial charge in [0.25, 0.3) is 17.5 Å². The molecule has 4 rings (SSSR count). The lowest BCUT2D eigenvalue weighted by Crippen LogP contribution is -2.47. The van der Waals surface area contributed by atoms with Crippen LogP contribution in [0.1, 0.15) is 49.2 Å². The minimum Gasteiger partial charge on any atom is -0.447 e. The Kier molecular flexibility index (Phi) is 8.12. The molecule has 0 bridgehead atoms. The number of nitro benzene ring substituents is 1. The first-order valence-corrected chi connectivity index (χ1v) is 14.2. The Labute approximate surface area is 233 Å². The van der Waals surface area contributed by atoms with Crippen molar-refractivity contribution in [2.75, 3.05) is 12.0 Å². The Hall–Kier alpha value is -4.42. The van der Waals surface area contributed by atoms with E-state index < -0.39 is 73.9 Å². The maximum Gasteiger partial charge on any atom is 0.330 e. The van der Waals surface area contributed by atoms with Crippen LogP contribution in [0.5, 0.6) is 0 Å². The number of ketones is 1. The van der Waals surface area contributed by atoms with Gasteiger partial charge in [0, 0.05) is 28.5 Å². The molecule has 0 aromatic heterocycles. The van der Waals surface area contributed by atoms with Crippen LogP contribution in [0.3, 0.4) is 0 Å². The summed E-state index contributed by atoms with van der Waals surface area (Å²) >= 11 is 5.92. The van der Waals surface area contributed by atoms with Crippen molar-refractivity contribution in [3.63, 3.8) is 0 Å². The summed E-state index contributed by atoms with van der Waals surface area (Å²) in [5.41, 5.74) is -1.06. The number of imide groups is 1. The van der Waals surface area contributed by atoms with E-state index in [1.165, 1.54) is 48.5 Å². The smallest absolute Gasteiger partial charge is 0.330 e. The predicted octanol–water partition coefficient (Wildman–Crippen LogP) is 3.81. The van der Waals surface area contributed by atoms with E-state index in [1.54, 1.807) is 18.2 Å². The number of hydrogen-bond acceptors (Lipinski definition) is 9. The third-order valence-corrected chi connectivity index (χ3v) is 7.40. The van der Waals surface area contributed by atoms with E-state index in [1.807, 2.05) is 0 Å². The Morgan fingerprint density at radius 2 is 1.62 bits per heavy atom. The molecule has 206 valence electrons. The number of ether oxygens (including phenoxy) is 1. The number of Topliss-reactive ketones (excluding diaryl/α,β-unsaturated/α-hetero) is 1. The number of rotatable bonds is 10. The van der Waals surface area contributed by atoms with Crippen LogP contribution in [0, 0.1) is 10.1 Å². The van der Waals surface area contributed by atoms with Gasteiger partial charge < -0.3 is 4.74 Å². The van der Waals surface area contributed by atoms with Crippen LogP contribution in [0.4, 0.5) is 5.69 Å². The molecule has 3 aromatic carbocycles. The van der Waals surface area contributed by atoms with E-state index >= 15 is 0 Å². The van der Waals surface area contributed by atoms with Crippen LogP contribution in [0.25, 0.3) is 0 Å². The lowest BCUT2D eigenvalue weighted by molar-refractivity contribution is -0.385. The molecular weight excluding hydrogens is 564 g/mol. The summed E-state index contributed by atoms with van der Waals surface area (Å²) in [6.07, 6.45) is -1.19. The second kappa shape index (κ2) is 11.4. The van der Waals surface area contributed by atoms with Crippen LogP contribution < -0.4 is 0 Å². The summed E-state index contributed by atoms with van der Waals surface area (Å²) in [6, 6.07) is 15.4. The summed E-state index contributed by atoms with van der Waals surface area (Å²) in [7, 11) is -3.69. The zero-order valence-corrected chi connectivity index (χ0v) is 22.4. The molecule has 0 unspecified atom stereocenters. The number of carbonyl (C=O) groups excluding carboxylic acids is 4. The molecule has 2 amide bonds. The maximum atomic E-state index is 13.6. The van der Waals surface area contributed by atoms with Gasteiger partial charge in [-0.05, 0) is 36.8 Å². The first-order valence-electron chi connectivity index (χ1n) is 11.8. The molecule has 1 aliphatic heterocycles. The third kappa shape index (κ3) is 5.92. The summed E-state index contributed by atoms with van der Waals surface area (Å²) in [4.78, 5) is 64.7. The van der Waals surface area contributed by atoms with Crippen LogP contribution in [-0.4, -0.2) is 59.9 Å². The number of benzene rings is 3. The maximum absolute atomic E-state index is 13.6. The van der Waals surface area contributed by atoms with Crippen molar-refractivity contribution >= 4 is 50.7 Å². The molecule has 2 atom stereocenters. The summed E-state index contributed by atoms with van der Waals surface area (Å²) in [6.45, 7) is 0. The Bertz CT molecular complexity index is 1620. The summed E-state index contributed by atoms with van der Waals surface area (Å²) < 4.78 is 29.5. The first-order chi connectivity index (χ1) is 18.9. The number of sulfone groups is 1. The van der Waals surface area contributed by atoms with E-state index in [-0.39, 0.29) is 16.7 Å². The highest BCUT2D eigenvalue weighted by Gasteiger charge is 2.47. The van der Waals surface area contributed by atoms with E-state index in [9.17, 15) is 37.7 Å². The van der Waals surface area contributed by atoms with Crippen molar-refractivity contribution in [1.29, 1.82) is 0 Å². The lowest BCUT2D eigenvalue weighted by atomic mass is 9.99. The van der Waals surface area contributed by atoms with Gasteiger partial charge in [-0.2, -0.15) is 0 Å². The lowest BCUT2D eigenvalue weighted by Gasteiger charge is -2.26. The zero-order chi connectivity index (χ0) is 29.2. The summed E-state index contributed by atoms with van der Waals surface area (Å²) in [5, 5.41) is 11.9. The van der Waals surface area contributed by atoms with Crippen LogP contribution in [0.2, 0.25) is 5.02 Å². The molecule has 0 saturated carbocycles. The van der Waals surface area contributed by atoms with Gasteiger partial charge in [0.2, 0.25) is 5.78 Å². The quantitative estimate of drug-likeness (QED) is 0.113. The number of nitrogens with zero attached hydrogens (tertiary/aromatic N) is 2. The van der Waals surface area contributed by atoms with Crippen LogP contribution in [0.15, 0.2) is 72.8 Å². The normalized spacial score (nSPS) is 14.4. The van der Waals surface area contributed by atoms with Crippen molar-refractivity contribution in [3.8, 4) is 0 Å². The zero-order valence-electron chi connectivity index (χ0n) is 20.9. The topological polar surface area (TPSA) is 158 Å². The van der Waals surface area contributed by atoms with Crippen molar-refractivity contribution in [3.05, 3.63) is 110 Å². The molecule has 0 aliphatic carbocycles. The number of halogens is 1. The van der Waals surface area contributed by atoms with Crippen molar-refractivity contribution in [1.82, 2.24) is 4.90 Å². The van der Waals surface area contributed by atoms with Gasteiger partial charge in [0.1, 0.15) is 21.4 Å². The molecule has 40 heavy (non-hydrogen) atoms. The molecule has 0 saturated heterocycles. The molecule has 0 spiro atoms. The van der Waals surface area contributed by atoms with Gasteiger partial charge in [0.05, 0.1) is 16.2 Å². The third-order valence-electron chi connectivity index (χ3n) is 6.17. The largest absolute Gasteiger partial charge is 0.447 e. The van der Waals surface area contributed by atoms with Gasteiger partial charge >= 0.3 is 5.97 Å². The van der Waals surface area contributed by atoms with Crippen molar-refractivity contribution in [2.45, 2.75) is 18.6 Å². The molecule has 3 aromatic rings. The number of amides is 2. The molecular formula is C27H21ClN2O9S. The monoisotopic (exact) mass is 584 g/mol. The molecule has 1 heterocycles.